The summed E-state index contributed by atoms with van der Waals surface area (Å²) in [7, 11) is 3.15. The maximum Gasteiger partial charge on any atom is 0.333 e. The summed E-state index contributed by atoms with van der Waals surface area (Å²) in [6, 6.07) is 5.10. The number of esters is 2. The molecule has 3 aromatic carbocycles. The van der Waals surface area contributed by atoms with Crippen molar-refractivity contribution in [3.63, 3.8) is 0 Å². The van der Waals surface area contributed by atoms with E-state index >= 15 is 4.79 Å². The number of hydrogen-bond donors (Lipinski definition) is 5. The number of aromatic amines is 1. The first-order valence-corrected chi connectivity index (χ1v) is 20.6. The zero-order valence-corrected chi connectivity index (χ0v) is 33.6. The number of rotatable bonds is 4. The second-order valence-corrected chi connectivity index (χ2v) is 17.8. The van der Waals surface area contributed by atoms with Crippen LogP contribution in [0.5, 0.6) is 34.5 Å². The maximum absolute atomic E-state index is 15.0. The number of thioether (sulfide) groups is 1. The smallest absolute Gasteiger partial charge is 0.333 e. The lowest BCUT2D eigenvalue weighted by molar-refractivity contribution is -0.162. The number of methoxy groups -OCH3 is 2. The predicted octanol–water partition coefficient (Wildman–Crippen LogP) is 3.61. The Morgan fingerprint density at radius 1 is 1.07 bits per heavy atom. The van der Waals surface area contributed by atoms with E-state index in [2.05, 4.69) is 28.2 Å². The molecule has 2 unspecified atom stereocenters. The number of H-pyrrole nitrogens is 1. The van der Waals surface area contributed by atoms with Gasteiger partial charge >= 0.3 is 11.9 Å². The number of aliphatic hydroxyl groups is 2. The van der Waals surface area contributed by atoms with E-state index in [9.17, 15) is 20.1 Å². The molecule has 5 N–H and O–H groups in total. The summed E-state index contributed by atoms with van der Waals surface area (Å²) in [6.45, 7) is 6.67. The topological polar surface area (TPSA) is 184 Å². The molecule has 3 fully saturated rings. The zero-order chi connectivity index (χ0) is 40.3. The first-order valence-electron chi connectivity index (χ1n) is 19.5. The highest BCUT2D eigenvalue weighted by atomic mass is 32.2. The average molecular weight is 813 g/mol. The second-order valence-electron chi connectivity index (χ2n) is 16.6. The Morgan fingerprint density at radius 3 is 2.60 bits per heavy atom. The summed E-state index contributed by atoms with van der Waals surface area (Å²) in [5.41, 5.74) is 4.56. The average Bonchev–Trinajstić information content (AvgIpc) is 3.53. The molecule has 0 amide bonds. The largest absolute Gasteiger partial charge is 0.504 e. The Labute approximate surface area is 337 Å². The summed E-state index contributed by atoms with van der Waals surface area (Å²) in [6.07, 6.45) is -0.584. The minimum Gasteiger partial charge on any atom is -0.504 e. The lowest BCUT2D eigenvalue weighted by Crippen LogP contribution is -2.64. The molecule has 0 radical (unpaired) electrons. The molecule has 15 nitrogen and oxygen atoms in total. The van der Waals surface area contributed by atoms with Gasteiger partial charge < -0.3 is 48.7 Å². The van der Waals surface area contributed by atoms with Crippen molar-refractivity contribution in [2.75, 3.05) is 40.0 Å². The summed E-state index contributed by atoms with van der Waals surface area (Å²) in [5, 5.41) is 39.3. The minimum atomic E-state index is -1.46. The van der Waals surface area contributed by atoms with Gasteiger partial charge in [0.05, 0.1) is 55.4 Å². The zero-order valence-electron chi connectivity index (χ0n) is 32.8. The van der Waals surface area contributed by atoms with Crippen LogP contribution >= 0.6 is 11.8 Å². The summed E-state index contributed by atoms with van der Waals surface area (Å²) >= 11 is 1.47. The van der Waals surface area contributed by atoms with Crippen molar-refractivity contribution in [3.8, 4) is 34.5 Å². The van der Waals surface area contributed by atoms with Crippen molar-refractivity contribution < 1.29 is 53.3 Å². The van der Waals surface area contributed by atoms with Crippen molar-refractivity contribution in [1.82, 2.24) is 20.1 Å². The number of nitrogens with one attached hydrogen (secondary N) is 2. The molecule has 12 rings (SSSR count). The number of aromatic nitrogens is 1. The van der Waals surface area contributed by atoms with Gasteiger partial charge in [-0.3, -0.25) is 19.9 Å². The molecule has 8 aliphatic heterocycles. The highest BCUT2D eigenvalue weighted by Crippen LogP contribution is 2.74. The fraction of sp³-hybridized carbons (Fsp3) is 0.476. The van der Waals surface area contributed by atoms with Gasteiger partial charge in [0.15, 0.2) is 28.5 Å². The van der Waals surface area contributed by atoms with E-state index in [0.717, 1.165) is 27.6 Å². The Bertz CT molecular complexity index is 2510. The van der Waals surface area contributed by atoms with Crippen molar-refractivity contribution in [2.24, 2.45) is 0 Å². The predicted molar refractivity (Wildman–Crippen MR) is 209 cm³/mol. The molecule has 58 heavy (non-hydrogen) atoms. The Balaban J connectivity index is 1.17. The van der Waals surface area contributed by atoms with Crippen LogP contribution < -0.4 is 29.0 Å². The number of benzene rings is 3. The van der Waals surface area contributed by atoms with Gasteiger partial charge in [-0.1, -0.05) is 0 Å². The molecule has 2 bridgehead atoms. The van der Waals surface area contributed by atoms with Crippen LogP contribution in [0.25, 0.3) is 10.9 Å². The van der Waals surface area contributed by atoms with Crippen LogP contribution in [0.1, 0.15) is 75.8 Å². The standard InChI is InChI=1S/C42H44N4O11S/c1-16-9-23-26(31(49)32(16)53-6)29-30-36-28-27(35-34(55-15-56-35)17(2)33(28)57-18(3)48)25(45(30)39(50)38-41(23,4)46(29)38)13-54-40(51)42(14-58-36)37-22(10-19(12-47)44-42)21-11-20(52-5)7-8-24(21)43-37/h7-9,11,19,25,29-30,36,38-39,43-44,47,49-50H,10,12-15H2,1-6H3/t19-,25+,29-,30-,36-,38-,39+,41?,42-,46?/m1/s1. The molecule has 10 atom stereocenters. The van der Waals surface area contributed by atoms with Crippen LogP contribution in [-0.2, 0) is 31.8 Å². The van der Waals surface area contributed by atoms with E-state index in [1.807, 2.05) is 36.9 Å². The van der Waals surface area contributed by atoms with Gasteiger partial charge in [-0.15, -0.1) is 11.8 Å². The number of carbonyl (C=O) groups is 2. The third-order valence-electron chi connectivity index (χ3n) is 13.9. The molecule has 4 aromatic rings. The SMILES string of the molecule is COc1ccc2[nH]c3c(c2c1)C[C@H](CO)N[C@]31CS[C@@H]2c3c(OC(C)=O)c(C)c4c(c3[C@H](COC1=O)N1[C@@H]2[C@H]2c3c(cc(C)c(OC)c3O)C3(C)[C@@H]([C@@H]1O)N23)OCO4. The number of aromatic hydroxyl groups is 1. The summed E-state index contributed by atoms with van der Waals surface area (Å²) in [5.74, 6) is 1.34. The van der Waals surface area contributed by atoms with Crippen molar-refractivity contribution in [1.29, 1.82) is 0 Å². The van der Waals surface area contributed by atoms with Gasteiger partial charge in [-0.25, -0.2) is 4.79 Å². The van der Waals surface area contributed by atoms with E-state index < -0.39 is 58.7 Å². The fourth-order valence-corrected chi connectivity index (χ4v) is 13.2. The molecule has 16 heteroatoms. The Hall–Kier alpha value is -4.71. The fourth-order valence-electron chi connectivity index (χ4n) is 11.5. The number of carbonyl (C=O) groups excluding carboxylic acids is 2. The molecule has 0 saturated carbocycles. The van der Waals surface area contributed by atoms with Crippen molar-refractivity contribution in [2.45, 2.75) is 86.9 Å². The molecular formula is C42H44N4O11S. The number of hydrogen-bond acceptors (Lipinski definition) is 15. The molecule has 8 aliphatic rings. The number of ether oxygens (including phenoxy) is 6. The number of aliphatic hydroxyl groups excluding tert-OH is 2. The monoisotopic (exact) mass is 812 g/mol. The molecule has 1 spiro atoms. The lowest BCUT2D eigenvalue weighted by atomic mass is 9.76. The van der Waals surface area contributed by atoms with Gasteiger partial charge in [0.25, 0.3) is 0 Å². The van der Waals surface area contributed by atoms with Crippen LogP contribution in [0.4, 0.5) is 0 Å². The van der Waals surface area contributed by atoms with Crippen molar-refractivity contribution >= 4 is 34.6 Å². The van der Waals surface area contributed by atoms with Crippen LogP contribution in [0.2, 0.25) is 0 Å². The first kappa shape index (κ1) is 36.4. The minimum absolute atomic E-state index is 0.0482. The second kappa shape index (κ2) is 12.2. The summed E-state index contributed by atoms with van der Waals surface area (Å²) in [4.78, 5) is 35.9. The van der Waals surface area contributed by atoms with E-state index in [1.165, 1.54) is 18.7 Å². The molecule has 3 saturated heterocycles. The maximum atomic E-state index is 15.0. The number of nitrogens with zero attached hydrogens (tertiary/aromatic N) is 2. The normalized spacial score (nSPS) is 33.5. The number of fused-ring (bicyclic) bond motifs is 11. The quantitative estimate of drug-likeness (QED) is 0.114. The number of phenols is 1. The number of aryl methyl sites for hydroxylation is 1. The molecule has 1 aromatic heterocycles. The molecule has 304 valence electrons. The van der Waals surface area contributed by atoms with Crippen LogP contribution in [0.3, 0.4) is 0 Å². The van der Waals surface area contributed by atoms with Gasteiger partial charge in [-0.05, 0) is 68.1 Å². The van der Waals surface area contributed by atoms with Crippen LogP contribution in [0, 0.1) is 13.8 Å². The molecule has 0 aliphatic carbocycles. The Kier molecular flexibility index (Phi) is 7.64. The molecular weight excluding hydrogens is 769 g/mol. The highest BCUT2D eigenvalue weighted by Gasteiger charge is 2.78. The number of phenolic OH excluding ortho intramolecular Hbond substituents is 1. The third-order valence-corrected chi connectivity index (χ3v) is 15.4. The summed E-state index contributed by atoms with van der Waals surface area (Å²) < 4.78 is 36.3. The van der Waals surface area contributed by atoms with Gasteiger partial charge in [0, 0.05) is 57.9 Å². The van der Waals surface area contributed by atoms with Gasteiger partial charge in [-0.2, -0.15) is 0 Å². The number of piperazine rings is 1. The van der Waals surface area contributed by atoms with Gasteiger partial charge in [0.2, 0.25) is 6.79 Å². The van der Waals surface area contributed by atoms with E-state index in [1.54, 1.807) is 14.2 Å². The highest BCUT2D eigenvalue weighted by molar-refractivity contribution is 7.99. The lowest BCUT2D eigenvalue weighted by Gasteiger charge is -2.55. The van der Waals surface area contributed by atoms with Crippen LogP contribution in [-0.4, -0.2) is 106 Å². The van der Waals surface area contributed by atoms with E-state index in [0.29, 0.717) is 63.1 Å². The molecule has 9 heterocycles. The van der Waals surface area contributed by atoms with Crippen LogP contribution in [0.15, 0.2) is 24.3 Å². The van der Waals surface area contributed by atoms with Gasteiger partial charge in [0.1, 0.15) is 24.3 Å². The van der Waals surface area contributed by atoms with E-state index in [-0.39, 0.29) is 37.6 Å². The van der Waals surface area contributed by atoms with E-state index in [4.69, 9.17) is 28.4 Å². The third kappa shape index (κ3) is 4.37. The van der Waals surface area contributed by atoms with Crippen molar-refractivity contribution in [3.05, 3.63) is 68.9 Å². The first-order chi connectivity index (χ1) is 27.9. The Morgan fingerprint density at radius 2 is 1.86 bits per heavy atom.